The minimum Gasteiger partial charge on any atom is -0.480 e. The minimum atomic E-state index is -0.986. The van der Waals surface area contributed by atoms with Crippen LogP contribution in [0.25, 0.3) is 0 Å². The van der Waals surface area contributed by atoms with Gasteiger partial charge in [-0.05, 0) is 43.2 Å². The Morgan fingerprint density at radius 3 is 2.71 bits per heavy atom. The predicted molar refractivity (Wildman–Crippen MR) is 91.2 cm³/mol. The molecule has 2 unspecified atom stereocenters. The number of nitrogens with zero attached hydrogens (tertiary/aromatic N) is 2. The van der Waals surface area contributed by atoms with E-state index in [0.29, 0.717) is 25.8 Å². The molecule has 5 nitrogen and oxygen atoms in total. The zero-order chi connectivity index (χ0) is 17.9. The van der Waals surface area contributed by atoms with E-state index in [9.17, 15) is 19.1 Å². The van der Waals surface area contributed by atoms with Gasteiger partial charge in [0, 0.05) is 31.9 Å². The van der Waals surface area contributed by atoms with Crippen molar-refractivity contribution in [3.8, 4) is 0 Å². The number of aryl methyl sites for hydroxylation is 1. The fourth-order valence-electron chi connectivity index (χ4n) is 3.24. The summed E-state index contributed by atoms with van der Waals surface area (Å²) in [5.41, 5.74) is 1.53. The summed E-state index contributed by atoms with van der Waals surface area (Å²) in [6.07, 6.45) is 2.61. The summed E-state index contributed by atoms with van der Waals surface area (Å²) in [5, 5.41) is 9.48. The molecule has 0 spiro atoms. The number of hydrogen-bond donors (Lipinski definition) is 1. The molecule has 24 heavy (non-hydrogen) atoms. The van der Waals surface area contributed by atoms with E-state index in [1.54, 1.807) is 6.20 Å². The SMILES string of the molecule is Cc1cc(=O)n(C(CC(C)C)C(=O)O)cc1CCN1CCC(F)C1. The summed E-state index contributed by atoms with van der Waals surface area (Å²) in [7, 11) is 0. The molecule has 6 heteroatoms. The van der Waals surface area contributed by atoms with Gasteiger partial charge in [0.2, 0.25) is 0 Å². The van der Waals surface area contributed by atoms with Gasteiger partial charge in [0.05, 0.1) is 0 Å². The lowest BCUT2D eigenvalue weighted by Crippen LogP contribution is -2.31. The molecule has 1 aliphatic heterocycles. The lowest BCUT2D eigenvalue weighted by Gasteiger charge is -2.20. The summed E-state index contributed by atoms with van der Waals surface area (Å²) < 4.78 is 14.6. The van der Waals surface area contributed by atoms with Crippen LogP contribution in [-0.2, 0) is 11.2 Å². The molecule has 0 bridgehead atoms. The normalized spacial score (nSPS) is 19.8. The van der Waals surface area contributed by atoms with E-state index in [1.165, 1.54) is 10.6 Å². The van der Waals surface area contributed by atoms with Crippen molar-refractivity contribution in [2.75, 3.05) is 19.6 Å². The Morgan fingerprint density at radius 2 is 2.17 bits per heavy atom. The van der Waals surface area contributed by atoms with Crippen LogP contribution in [0.15, 0.2) is 17.1 Å². The van der Waals surface area contributed by atoms with Gasteiger partial charge in [-0.1, -0.05) is 13.8 Å². The van der Waals surface area contributed by atoms with Crippen LogP contribution in [0.1, 0.15) is 43.9 Å². The highest BCUT2D eigenvalue weighted by Crippen LogP contribution is 2.19. The lowest BCUT2D eigenvalue weighted by molar-refractivity contribution is -0.141. The van der Waals surface area contributed by atoms with Crippen LogP contribution in [0.5, 0.6) is 0 Å². The van der Waals surface area contributed by atoms with Crippen LogP contribution in [0.2, 0.25) is 0 Å². The third-order valence-corrected chi connectivity index (χ3v) is 4.62. The van der Waals surface area contributed by atoms with Crippen molar-refractivity contribution in [2.45, 2.75) is 52.2 Å². The molecule has 0 aliphatic carbocycles. The quantitative estimate of drug-likeness (QED) is 0.829. The number of pyridine rings is 1. The molecule has 2 heterocycles. The molecule has 1 aromatic rings. The van der Waals surface area contributed by atoms with Crippen molar-refractivity contribution in [3.05, 3.63) is 33.7 Å². The van der Waals surface area contributed by atoms with E-state index < -0.39 is 18.2 Å². The summed E-state index contributed by atoms with van der Waals surface area (Å²) in [5.74, 6) is -0.811. The van der Waals surface area contributed by atoms with Gasteiger partial charge in [-0.15, -0.1) is 0 Å². The third kappa shape index (κ3) is 4.66. The van der Waals surface area contributed by atoms with Crippen LogP contribution in [0.4, 0.5) is 4.39 Å². The molecule has 1 saturated heterocycles. The van der Waals surface area contributed by atoms with Crippen molar-refractivity contribution in [2.24, 2.45) is 5.92 Å². The van der Waals surface area contributed by atoms with Crippen molar-refractivity contribution < 1.29 is 14.3 Å². The first-order chi connectivity index (χ1) is 11.3. The monoisotopic (exact) mass is 338 g/mol. The molecular weight excluding hydrogens is 311 g/mol. The number of aromatic nitrogens is 1. The highest BCUT2D eigenvalue weighted by Gasteiger charge is 2.24. The smallest absolute Gasteiger partial charge is 0.326 e. The van der Waals surface area contributed by atoms with Gasteiger partial charge in [-0.2, -0.15) is 0 Å². The molecule has 2 atom stereocenters. The van der Waals surface area contributed by atoms with Gasteiger partial charge in [0.1, 0.15) is 12.2 Å². The molecular formula is C18H27FN2O3. The summed E-state index contributed by atoms with van der Waals surface area (Å²) >= 11 is 0. The molecule has 0 aromatic carbocycles. The van der Waals surface area contributed by atoms with Crippen LogP contribution in [-0.4, -0.2) is 46.3 Å². The maximum Gasteiger partial charge on any atom is 0.326 e. The van der Waals surface area contributed by atoms with Crippen LogP contribution in [0, 0.1) is 12.8 Å². The Kier molecular flexibility index (Phi) is 6.15. The predicted octanol–water partition coefficient (Wildman–Crippen LogP) is 2.41. The molecule has 0 saturated carbocycles. The zero-order valence-corrected chi connectivity index (χ0v) is 14.7. The Morgan fingerprint density at radius 1 is 1.46 bits per heavy atom. The number of rotatable bonds is 7. The zero-order valence-electron chi connectivity index (χ0n) is 14.7. The molecule has 1 aliphatic rings. The highest BCUT2D eigenvalue weighted by atomic mass is 19.1. The Hall–Kier alpha value is -1.69. The van der Waals surface area contributed by atoms with Gasteiger partial charge in [0.15, 0.2) is 0 Å². The van der Waals surface area contributed by atoms with E-state index in [-0.39, 0.29) is 11.5 Å². The summed E-state index contributed by atoms with van der Waals surface area (Å²) in [6.45, 7) is 7.69. The minimum absolute atomic E-state index is 0.175. The topological polar surface area (TPSA) is 62.5 Å². The van der Waals surface area contributed by atoms with Crippen molar-refractivity contribution in [1.82, 2.24) is 9.47 Å². The first-order valence-electron chi connectivity index (χ1n) is 8.58. The van der Waals surface area contributed by atoms with E-state index in [1.807, 2.05) is 20.8 Å². The number of carbonyl (C=O) groups is 1. The van der Waals surface area contributed by atoms with Crippen molar-refractivity contribution >= 4 is 5.97 Å². The largest absolute Gasteiger partial charge is 0.480 e. The van der Waals surface area contributed by atoms with Crippen LogP contribution >= 0.6 is 0 Å². The number of carboxylic acids is 1. The van der Waals surface area contributed by atoms with Crippen molar-refractivity contribution in [1.29, 1.82) is 0 Å². The molecule has 2 rings (SSSR count). The first kappa shape index (κ1) is 18.6. The average Bonchev–Trinajstić information content (AvgIpc) is 2.89. The van der Waals surface area contributed by atoms with E-state index >= 15 is 0 Å². The number of carboxylic acid groups (broad SMARTS) is 1. The lowest BCUT2D eigenvalue weighted by atomic mass is 10.0. The maximum absolute atomic E-state index is 13.3. The van der Waals surface area contributed by atoms with E-state index in [2.05, 4.69) is 4.90 Å². The number of alkyl halides is 1. The van der Waals surface area contributed by atoms with Crippen molar-refractivity contribution in [3.63, 3.8) is 0 Å². The molecule has 0 amide bonds. The number of aliphatic carboxylic acids is 1. The molecule has 0 radical (unpaired) electrons. The van der Waals surface area contributed by atoms with Gasteiger partial charge in [0.25, 0.3) is 5.56 Å². The van der Waals surface area contributed by atoms with Crippen LogP contribution in [0.3, 0.4) is 0 Å². The molecule has 1 aromatic heterocycles. The standard InChI is InChI=1S/C18H27FN2O3/c1-12(2)8-16(18(23)24)21-10-14(13(3)9-17(21)22)4-6-20-7-5-15(19)11-20/h9-10,12,15-16H,4-8,11H2,1-3H3,(H,23,24). The summed E-state index contributed by atoms with van der Waals surface area (Å²) in [6, 6.07) is 0.659. The van der Waals surface area contributed by atoms with Gasteiger partial charge in [-0.25, -0.2) is 9.18 Å². The second-order valence-corrected chi connectivity index (χ2v) is 7.15. The number of halogens is 1. The fraction of sp³-hybridized carbons (Fsp3) is 0.667. The van der Waals surface area contributed by atoms with Crippen LogP contribution < -0.4 is 5.56 Å². The van der Waals surface area contributed by atoms with E-state index in [4.69, 9.17) is 0 Å². The fourth-order valence-corrected chi connectivity index (χ4v) is 3.24. The highest BCUT2D eigenvalue weighted by molar-refractivity contribution is 5.71. The second-order valence-electron chi connectivity index (χ2n) is 7.15. The molecule has 1 N–H and O–H groups in total. The third-order valence-electron chi connectivity index (χ3n) is 4.62. The molecule has 134 valence electrons. The van der Waals surface area contributed by atoms with Gasteiger partial charge in [-0.3, -0.25) is 4.79 Å². The number of likely N-dealkylation sites (tertiary alicyclic amines) is 1. The first-order valence-corrected chi connectivity index (χ1v) is 8.58. The Labute approximate surface area is 142 Å². The Balaban J connectivity index is 2.20. The summed E-state index contributed by atoms with van der Waals surface area (Å²) in [4.78, 5) is 25.9. The Bertz CT molecular complexity index is 642. The van der Waals surface area contributed by atoms with E-state index in [0.717, 1.165) is 24.2 Å². The maximum atomic E-state index is 13.3. The van der Waals surface area contributed by atoms with Gasteiger partial charge < -0.3 is 14.6 Å². The average molecular weight is 338 g/mol. The second kappa shape index (κ2) is 7.92. The molecule has 1 fully saturated rings. The van der Waals surface area contributed by atoms with Gasteiger partial charge >= 0.3 is 5.97 Å². The number of hydrogen-bond acceptors (Lipinski definition) is 3.